The molecule has 2 aromatic heterocycles. The number of carbonyl (C=O) groups is 2. The van der Waals surface area contributed by atoms with E-state index >= 15 is 0 Å². The van der Waals surface area contributed by atoms with Crippen LogP contribution < -0.4 is 15.4 Å². The van der Waals surface area contributed by atoms with Crippen molar-refractivity contribution in [2.24, 2.45) is 5.92 Å². The van der Waals surface area contributed by atoms with Crippen LogP contribution in [0.1, 0.15) is 34.5 Å². The minimum atomic E-state index is -0.442. The average molecular weight is 528 g/mol. The fourth-order valence-corrected chi connectivity index (χ4v) is 5.91. The standard InChI is InChI=1S/C29H26ClN5O3/c1-3-23(36)35-14-10-18-15-29(18,35)11-7-17-16-31-12-8-19(17)25-26(24-21(33-25)9-13-32-28(24)37)34-22-6-4-5-20(30)27(22)38-2/h3-6,8,12,16,18,33-34H,1,9-10,13-15H2,2H3,(H,32,37)/t18-,29+/m0/s1. The van der Waals surface area contributed by atoms with Crippen molar-refractivity contribution in [2.75, 3.05) is 25.5 Å². The molecule has 1 aliphatic carbocycles. The second-order valence-electron chi connectivity index (χ2n) is 9.66. The molecule has 0 unspecified atom stereocenters. The third-order valence-corrected chi connectivity index (χ3v) is 7.89. The van der Waals surface area contributed by atoms with Gasteiger partial charge in [0, 0.05) is 43.2 Å². The van der Waals surface area contributed by atoms with E-state index in [4.69, 9.17) is 16.3 Å². The van der Waals surface area contributed by atoms with Gasteiger partial charge in [-0.1, -0.05) is 36.1 Å². The number of piperidine rings is 1. The first kappa shape index (κ1) is 24.1. The molecule has 6 rings (SSSR count). The quantitative estimate of drug-likeness (QED) is 0.339. The zero-order chi connectivity index (χ0) is 26.4. The molecule has 192 valence electrons. The Morgan fingerprint density at radius 2 is 2.26 bits per heavy atom. The molecule has 3 aliphatic rings. The van der Waals surface area contributed by atoms with Crippen molar-refractivity contribution in [1.29, 1.82) is 0 Å². The topological polar surface area (TPSA) is 99.3 Å². The number of amides is 2. The maximum Gasteiger partial charge on any atom is 0.255 e. The van der Waals surface area contributed by atoms with Gasteiger partial charge in [-0.05, 0) is 43.0 Å². The molecule has 8 nitrogen and oxygen atoms in total. The number of benzene rings is 1. The molecule has 2 atom stereocenters. The largest absolute Gasteiger partial charge is 0.493 e. The maximum absolute atomic E-state index is 13.0. The molecule has 1 aromatic carbocycles. The minimum absolute atomic E-state index is 0.0873. The van der Waals surface area contributed by atoms with Gasteiger partial charge in [-0.2, -0.15) is 0 Å². The SMILES string of the molecule is C=CC(=O)N1CC[C@H]2C[C@]21C#Cc1cnccc1-c1[nH]c2c(c1Nc1cccc(Cl)c1OC)C(=O)NCC2. The third kappa shape index (κ3) is 3.82. The normalized spacial score (nSPS) is 20.9. The number of para-hydroxylation sites is 1. The van der Waals surface area contributed by atoms with Crippen molar-refractivity contribution in [3.8, 4) is 28.8 Å². The number of fused-ring (bicyclic) bond motifs is 2. The molecule has 2 amide bonds. The van der Waals surface area contributed by atoms with Crippen LogP contribution in [0.4, 0.5) is 11.4 Å². The first-order valence-electron chi connectivity index (χ1n) is 12.5. The third-order valence-electron chi connectivity index (χ3n) is 7.60. The monoisotopic (exact) mass is 527 g/mol. The average Bonchev–Trinajstić information content (AvgIpc) is 3.33. The van der Waals surface area contributed by atoms with Crippen LogP contribution in [0.25, 0.3) is 11.3 Å². The lowest BCUT2D eigenvalue weighted by Crippen LogP contribution is -2.38. The van der Waals surface area contributed by atoms with E-state index in [-0.39, 0.29) is 11.8 Å². The van der Waals surface area contributed by atoms with E-state index < -0.39 is 5.54 Å². The van der Waals surface area contributed by atoms with E-state index in [0.717, 1.165) is 29.8 Å². The van der Waals surface area contributed by atoms with Crippen LogP contribution in [0.3, 0.4) is 0 Å². The Hall–Kier alpha value is -4.22. The lowest BCUT2D eigenvalue weighted by Gasteiger charge is -2.22. The predicted octanol–water partition coefficient (Wildman–Crippen LogP) is 4.30. The summed E-state index contributed by atoms with van der Waals surface area (Å²) < 4.78 is 5.54. The Bertz CT molecular complexity index is 1550. The number of nitrogens with zero attached hydrogens (tertiary/aromatic N) is 2. The molecule has 0 radical (unpaired) electrons. The first-order valence-corrected chi connectivity index (χ1v) is 12.9. The number of rotatable bonds is 5. The molecule has 2 aliphatic heterocycles. The Morgan fingerprint density at radius 3 is 3.05 bits per heavy atom. The Kier molecular flexibility index (Phi) is 5.88. The smallest absolute Gasteiger partial charge is 0.255 e. The zero-order valence-electron chi connectivity index (χ0n) is 20.9. The summed E-state index contributed by atoms with van der Waals surface area (Å²) in [5, 5.41) is 6.80. The number of anilines is 2. The summed E-state index contributed by atoms with van der Waals surface area (Å²) in [5.41, 5.74) is 4.40. The summed E-state index contributed by atoms with van der Waals surface area (Å²) in [6.45, 7) is 4.89. The molecule has 4 heterocycles. The summed E-state index contributed by atoms with van der Waals surface area (Å²) in [6.07, 6.45) is 7.25. The highest BCUT2D eigenvalue weighted by Gasteiger charge is 2.62. The van der Waals surface area contributed by atoms with Gasteiger partial charge >= 0.3 is 0 Å². The highest BCUT2D eigenvalue weighted by atomic mass is 35.5. The Labute approximate surface area is 225 Å². The second-order valence-corrected chi connectivity index (χ2v) is 10.1. The number of nitrogens with one attached hydrogen (secondary N) is 3. The number of aromatic amines is 1. The van der Waals surface area contributed by atoms with Gasteiger partial charge in [-0.25, -0.2) is 0 Å². The van der Waals surface area contributed by atoms with Gasteiger partial charge in [0.25, 0.3) is 5.91 Å². The van der Waals surface area contributed by atoms with E-state index in [0.29, 0.717) is 58.7 Å². The molecule has 38 heavy (non-hydrogen) atoms. The lowest BCUT2D eigenvalue weighted by atomic mass is 10.0. The van der Waals surface area contributed by atoms with Crippen LogP contribution in [0.5, 0.6) is 5.75 Å². The van der Waals surface area contributed by atoms with Crippen molar-refractivity contribution in [1.82, 2.24) is 20.2 Å². The molecule has 3 N–H and O–H groups in total. The summed E-state index contributed by atoms with van der Waals surface area (Å²) >= 11 is 6.38. The summed E-state index contributed by atoms with van der Waals surface area (Å²) in [5.74, 6) is 7.34. The lowest BCUT2D eigenvalue weighted by molar-refractivity contribution is -0.126. The molecular formula is C29H26ClN5O3. The van der Waals surface area contributed by atoms with Crippen molar-refractivity contribution in [3.05, 3.63) is 71.2 Å². The molecule has 9 heteroatoms. The van der Waals surface area contributed by atoms with E-state index in [2.05, 4.69) is 39.0 Å². The fraction of sp³-hybridized carbons (Fsp3) is 0.276. The number of pyridine rings is 1. The van der Waals surface area contributed by atoms with Crippen molar-refractivity contribution >= 4 is 34.8 Å². The van der Waals surface area contributed by atoms with Crippen LogP contribution >= 0.6 is 11.6 Å². The Morgan fingerprint density at radius 1 is 1.39 bits per heavy atom. The van der Waals surface area contributed by atoms with Gasteiger partial charge in [0.1, 0.15) is 5.54 Å². The summed E-state index contributed by atoms with van der Waals surface area (Å²) in [6, 6.07) is 7.29. The van der Waals surface area contributed by atoms with Gasteiger partial charge in [-0.3, -0.25) is 14.6 Å². The number of likely N-dealkylation sites (tertiary alicyclic amines) is 1. The van der Waals surface area contributed by atoms with E-state index in [1.165, 1.54) is 6.08 Å². The number of halogens is 1. The van der Waals surface area contributed by atoms with E-state index in [9.17, 15) is 9.59 Å². The van der Waals surface area contributed by atoms with Gasteiger partial charge in [0.2, 0.25) is 5.91 Å². The highest BCUT2D eigenvalue weighted by molar-refractivity contribution is 6.32. The van der Waals surface area contributed by atoms with Gasteiger partial charge < -0.3 is 25.3 Å². The number of aromatic nitrogens is 2. The predicted molar refractivity (Wildman–Crippen MR) is 146 cm³/mol. The van der Waals surface area contributed by atoms with Gasteiger partial charge in [0.15, 0.2) is 5.75 Å². The van der Waals surface area contributed by atoms with Crippen LogP contribution in [0.15, 0.2) is 49.3 Å². The number of hydrogen-bond acceptors (Lipinski definition) is 5. The minimum Gasteiger partial charge on any atom is -0.493 e. The number of H-pyrrole nitrogens is 1. The van der Waals surface area contributed by atoms with Crippen molar-refractivity contribution in [3.63, 3.8) is 0 Å². The molecule has 1 saturated carbocycles. The molecular weight excluding hydrogens is 502 g/mol. The Balaban J connectivity index is 1.46. The molecule has 3 aromatic rings. The molecule has 1 saturated heterocycles. The first-order chi connectivity index (χ1) is 18.5. The maximum atomic E-state index is 13.0. The summed E-state index contributed by atoms with van der Waals surface area (Å²) in [7, 11) is 1.55. The van der Waals surface area contributed by atoms with Gasteiger partial charge in [0.05, 0.1) is 40.3 Å². The van der Waals surface area contributed by atoms with Crippen LogP contribution in [-0.4, -0.2) is 52.4 Å². The summed E-state index contributed by atoms with van der Waals surface area (Å²) in [4.78, 5) is 35.1. The molecule has 0 bridgehead atoms. The van der Waals surface area contributed by atoms with Crippen molar-refractivity contribution < 1.29 is 14.3 Å². The van der Waals surface area contributed by atoms with Crippen LogP contribution in [-0.2, 0) is 11.2 Å². The van der Waals surface area contributed by atoms with Crippen LogP contribution in [0.2, 0.25) is 5.02 Å². The van der Waals surface area contributed by atoms with E-state index in [1.807, 2.05) is 23.1 Å². The number of carbonyl (C=O) groups excluding carboxylic acids is 2. The number of methoxy groups -OCH3 is 1. The fourth-order valence-electron chi connectivity index (χ4n) is 5.65. The van der Waals surface area contributed by atoms with Crippen LogP contribution in [0, 0.1) is 17.8 Å². The van der Waals surface area contributed by atoms with E-state index in [1.54, 1.807) is 25.6 Å². The van der Waals surface area contributed by atoms with Gasteiger partial charge in [-0.15, -0.1) is 0 Å². The molecule has 0 spiro atoms. The molecule has 2 fully saturated rings. The number of ether oxygens (including phenoxy) is 1. The zero-order valence-corrected chi connectivity index (χ0v) is 21.6. The highest BCUT2D eigenvalue weighted by Crippen LogP contribution is 2.55. The second kappa shape index (κ2) is 9.26. The van der Waals surface area contributed by atoms with Crippen molar-refractivity contribution in [2.45, 2.75) is 24.8 Å². The number of hydrogen-bond donors (Lipinski definition) is 3.